The monoisotopic (exact) mass is 324 g/mol. The molecule has 0 bridgehead atoms. The van der Waals surface area contributed by atoms with Gasteiger partial charge in [-0.05, 0) is 18.1 Å². The van der Waals surface area contributed by atoms with Gasteiger partial charge < -0.3 is 10.1 Å². The van der Waals surface area contributed by atoms with Gasteiger partial charge in [0.2, 0.25) is 11.8 Å². The molecule has 1 heterocycles. The molecule has 0 saturated heterocycles. The maximum absolute atomic E-state index is 13.1. The Kier molecular flexibility index (Phi) is 4.52. The van der Waals surface area contributed by atoms with E-state index in [2.05, 4.69) is 15.0 Å². The lowest BCUT2D eigenvalue weighted by Gasteiger charge is -2.34. The van der Waals surface area contributed by atoms with E-state index < -0.39 is 30.5 Å². The second kappa shape index (κ2) is 6.05. The molecule has 9 heteroatoms. The Morgan fingerprint density at radius 1 is 1.45 bits per heavy atom. The smallest absolute Gasteiger partial charge is 0.422 e. The van der Waals surface area contributed by atoms with Crippen molar-refractivity contribution in [1.82, 2.24) is 10.3 Å². The minimum absolute atomic E-state index is 0.0870. The van der Waals surface area contributed by atoms with Gasteiger partial charge in [0.15, 0.2) is 6.61 Å². The topological polar surface area (TPSA) is 51.2 Å². The molecule has 0 aromatic carbocycles. The van der Waals surface area contributed by atoms with Crippen molar-refractivity contribution in [2.75, 3.05) is 6.61 Å². The van der Waals surface area contributed by atoms with E-state index in [0.29, 0.717) is 5.56 Å². The first-order valence-corrected chi connectivity index (χ1v) is 6.47. The van der Waals surface area contributed by atoms with Crippen LogP contribution in [0.3, 0.4) is 0 Å². The highest BCUT2D eigenvalue weighted by molar-refractivity contribution is 5.80. The SMILES string of the molecule is O=C(NCc1ccnc(OCC(F)(F)F)c1)C1CCC1(F)F. The van der Waals surface area contributed by atoms with Gasteiger partial charge in [0, 0.05) is 25.2 Å². The van der Waals surface area contributed by atoms with Crippen LogP contribution in [0, 0.1) is 5.92 Å². The summed E-state index contributed by atoms with van der Waals surface area (Å²) in [7, 11) is 0. The molecule has 1 N–H and O–H groups in total. The van der Waals surface area contributed by atoms with E-state index in [9.17, 15) is 26.7 Å². The summed E-state index contributed by atoms with van der Waals surface area (Å²) in [5.74, 6) is -5.34. The predicted octanol–water partition coefficient (Wildman–Crippen LogP) is 2.68. The van der Waals surface area contributed by atoms with Crippen molar-refractivity contribution in [3.05, 3.63) is 23.9 Å². The fourth-order valence-corrected chi connectivity index (χ4v) is 1.94. The van der Waals surface area contributed by atoms with Crippen LogP contribution in [0.25, 0.3) is 0 Å². The van der Waals surface area contributed by atoms with Gasteiger partial charge in [-0.25, -0.2) is 13.8 Å². The summed E-state index contributed by atoms with van der Waals surface area (Å²) in [6.45, 7) is -1.57. The molecule has 1 atom stereocenters. The number of nitrogens with zero attached hydrogens (tertiary/aromatic N) is 1. The Hall–Kier alpha value is -1.93. The van der Waals surface area contributed by atoms with Gasteiger partial charge in [-0.3, -0.25) is 4.79 Å². The van der Waals surface area contributed by atoms with E-state index in [1.807, 2.05) is 0 Å². The third-order valence-electron chi connectivity index (χ3n) is 3.24. The number of amides is 1. The number of carbonyl (C=O) groups excluding carboxylic acids is 1. The van der Waals surface area contributed by atoms with Gasteiger partial charge in [0.05, 0.1) is 0 Å². The Balaban J connectivity index is 1.87. The third kappa shape index (κ3) is 4.28. The maximum Gasteiger partial charge on any atom is 0.422 e. The molecule has 22 heavy (non-hydrogen) atoms. The second-order valence-corrected chi connectivity index (χ2v) is 4.98. The molecule has 1 amide bonds. The van der Waals surface area contributed by atoms with Crippen molar-refractivity contribution < 1.29 is 31.5 Å². The summed E-state index contributed by atoms with van der Waals surface area (Å²) in [5, 5.41) is 2.33. The van der Waals surface area contributed by atoms with Crippen molar-refractivity contribution in [2.45, 2.75) is 31.5 Å². The third-order valence-corrected chi connectivity index (χ3v) is 3.24. The molecule has 0 spiro atoms. The number of pyridine rings is 1. The second-order valence-electron chi connectivity index (χ2n) is 4.98. The summed E-state index contributed by atoms with van der Waals surface area (Å²) in [5.41, 5.74) is 0.406. The normalized spacial score (nSPS) is 20.1. The van der Waals surface area contributed by atoms with Gasteiger partial charge in [-0.15, -0.1) is 0 Å². The van der Waals surface area contributed by atoms with Crippen LogP contribution in [0.4, 0.5) is 22.0 Å². The number of hydrogen-bond acceptors (Lipinski definition) is 3. The highest BCUT2D eigenvalue weighted by atomic mass is 19.4. The average molecular weight is 324 g/mol. The number of nitrogens with one attached hydrogen (secondary N) is 1. The van der Waals surface area contributed by atoms with E-state index in [-0.39, 0.29) is 25.3 Å². The van der Waals surface area contributed by atoms with E-state index >= 15 is 0 Å². The molecule has 1 saturated carbocycles. The lowest BCUT2D eigenvalue weighted by atomic mass is 9.80. The van der Waals surface area contributed by atoms with E-state index in [4.69, 9.17) is 0 Å². The highest BCUT2D eigenvalue weighted by Crippen LogP contribution is 2.43. The summed E-state index contributed by atoms with van der Waals surface area (Å²) < 4.78 is 66.6. The summed E-state index contributed by atoms with van der Waals surface area (Å²) in [6.07, 6.45) is -3.46. The number of aromatic nitrogens is 1. The van der Waals surface area contributed by atoms with Crippen LogP contribution in [-0.2, 0) is 11.3 Å². The Morgan fingerprint density at radius 2 is 2.18 bits per heavy atom. The van der Waals surface area contributed by atoms with Crippen LogP contribution in [0.15, 0.2) is 18.3 Å². The lowest BCUT2D eigenvalue weighted by molar-refractivity contribution is -0.162. The largest absolute Gasteiger partial charge is 0.468 e. The Bertz CT molecular complexity index is 547. The Labute approximate surface area is 122 Å². The molecular weight excluding hydrogens is 311 g/mol. The molecule has 1 aromatic rings. The van der Waals surface area contributed by atoms with Gasteiger partial charge >= 0.3 is 6.18 Å². The number of rotatable bonds is 5. The quantitative estimate of drug-likeness (QED) is 0.847. The molecule has 1 fully saturated rings. The number of halogens is 5. The molecular formula is C13H13F5N2O2. The van der Waals surface area contributed by atoms with Crippen molar-refractivity contribution in [3.63, 3.8) is 0 Å². The van der Waals surface area contributed by atoms with Gasteiger partial charge in [0.25, 0.3) is 5.92 Å². The van der Waals surface area contributed by atoms with Crippen molar-refractivity contribution in [1.29, 1.82) is 0 Å². The summed E-state index contributed by atoms with van der Waals surface area (Å²) in [4.78, 5) is 15.2. The molecule has 122 valence electrons. The number of alkyl halides is 5. The van der Waals surface area contributed by atoms with Crippen molar-refractivity contribution >= 4 is 5.91 Å². The van der Waals surface area contributed by atoms with E-state index in [1.54, 1.807) is 0 Å². The van der Waals surface area contributed by atoms with Gasteiger partial charge in [-0.2, -0.15) is 13.2 Å². The standard InChI is InChI=1S/C13H13F5N2O2/c14-12(15)3-1-9(12)11(21)20-6-8-2-4-19-10(5-8)22-7-13(16,17)18/h2,4-5,9H,1,3,6-7H2,(H,20,21). The summed E-state index contributed by atoms with van der Waals surface area (Å²) in [6, 6.07) is 2.66. The molecule has 0 aliphatic heterocycles. The number of ether oxygens (including phenoxy) is 1. The first-order chi connectivity index (χ1) is 10.2. The molecule has 0 radical (unpaired) electrons. The number of carbonyl (C=O) groups is 1. The van der Waals surface area contributed by atoms with Crippen LogP contribution in [-0.4, -0.2) is 29.6 Å². The van der Waals surface area contributed by atoms with E-state index in [0.717, 1.165) is 0 Å². The van der Waals surface area contributed by atoms with Crippen LogP contribution in [0.1, 0.15) is 18.4 Å². The van der Waals surface area contributed by atoms with Gasteiger partial charge in [-0.1, -0.05) is 0 Å². The highest BCUT2D eigenvalue weighted by Gasteiger charge is 2.52. The average Bonchev–Trinajstić information content (AvgIpc) is 2.42. The van der Waals surface area contributed by atoms with Crippen LogP contribution in [0.5, 0.6) is 5.88 Å². The van der Waals surface area contributed by atoms with Crippen LogP contribution in [0.2, 0.25) is 0 Å². The zero-order valence-electron chi connectivity index (χ0n) is 11.3. The van der Waals surface area contributed by atoms with E-state index in [1.165, 1.54) is 18.3 Å². The molecule has 2 rings (SSSR count). The Morgan fingerprint density at radius 3 is 2.73 bits per heavy atom. The van der Waals surface area contributed by atoms with Gasteiger partial charge in [0.1, 0.15) is 5.92 Å². The van der Waals surface area contributed by atoms with Crippen LogP contribution >= 0.6 is 0 Å². The first kappa shape index (κ1) is 16.4. The van der Waals surface area contributed by atoms with Crippen molar-refractivity contribution in [3.8, 4) is 5.88 Å². The molecule has 1 unspecified atom stereocenters. The predicted molar refractivity (Wildman–Crippen MR) is 65.3 cm³/mol. The zero-order valence-corrected chi connectivity index (χ0v) is 11.3. The minimum Gasteiger partial charge on any atom is -0.468 e. The molecule has 1 aliphatic rings. The first-order valence-electron chi connectivity index (χ1n) is 6.47. The molecule has 1 aliphatic carbocycles. The lowest BCUT2D eigenvalue weighted by Crippen LogP contribution is -2.48. The fraction of sp³-hybridized carbons (Fsp3) is 0.538. The van der Waals surface area contributed by atoms with Crippen LogP contribution < -0.4 is 10.1 Å². The maximum atomic E-state index is 13.1. The molecule has 4 nitrogen and oxygen atoms in total. The molecule has 1 aromatic heterocycles. The zero-order chi connectivity index (χ0) is 16.4. The number of hydrogen-bond donors (Lipinski definition) is 1. The summed E-state index contributed by atoms with van der Waals surface area (Å²) >= 11 is 0. The minimum atomic E-state index is -4.48. The fourth-order valence-electron chi connectivity index (χ4n) is 1.94. The van der Waals surface area contributed by atoms with Crippen molar-refractivity contribution in [2.24, 2.45) is 5.92 Å².